The SMILES string of the molecule is COC(=O)COc1cccc(C(=O)Cn2c(=O)c3c(nc(N4CCCC(NC(=O)OC(C)(C)C)C4)n3CC=C(C)C)n(C)c2=O)c1. The molecule has 3 heterocycles. The highest BCUT2D eigenvalue weighted by Crippen LogP contribution is 2.24. The van der Waals surface area contributed by atoms with Gasteiger partial charge in [0.05, 0.1) is 13.7 Å². The minimum absolute atomic E-state index is 0.180. The van der Waals surface area contributed by atoms with Gasteiger partial charge >= 0.3 is 17.8 Å². The number of alkyl carbamates (subject to hydrolysis) is 1. The van der Waals surface area contributed by atoms with Gasteiger partial charge in [-0.25, -0.2) is 14.4 Å². The molecule has 248 valence electrons. The first-order valence-electron chi connectivity index (χ1n) is 15.1. The van der Waals surface area contributed by atoms with Crippen LogP contribution < -0.4 is 26.2 Å². The number of amides is 1. The number of benzene rings is 1. The summed E-state index contributed by atoms with van der Waals surface area (Å²) in [7, 11) is 2.75. The third-order valence-electron chi connectivity index (χ3n) is 7.36. The number of methoxy groups -OCH3 is 1. The number of Topliss-reactive ketones (excluding diaryl/α,β-unsaturated/α-hetero) is 1. The first-order chi connectivity index (χ1) is 21.7. The third kappa shape index (κ3) is 8.03. The summed E-state index contributed by atoms with van der Waals surface area (Å²) in [6.07, 6.45) is 2.94. The Morgan fingerprint density at radius 3 is 2.54 bits per heavy atom. The largest absolute Gasteiger partial charge is 0.482 e. The van der Waals surface area contributed by atoms with Crippen molar-refractivity contribution in [1.82, 2.24) is 24.0 Å². The maximum atomic E-state index is 14.0. The van der Waals surface area contributed by atoms with Crippen molar-refractivity contribution in [2.45, 2.75) is 72.2 Å². The first-order valence-corrected chi connectivity index (χ1v) is 15.1. The van der Waals surface area contributed by atoms with Crippen molar-refractivity contribution in [2.75, 3.05) is 31.7 Å². The molecule has 1 saturated heterocycles. The number of aromatic nitrogens is 4. The fraction of sp³-hybridized carbons (Fsp3) is 0.500. The van der Waals surface area contributed by atoms with Gasteiger partial charge in [0.1, 0.15) is 11.4 Å². The van der Waals surface area contributed by atoms with Crippen LogP contribution in [0, 0.1) is 0 Å². The zero-order valence-electron chi connectivity index (χ0n) is 27.4. The predicted molar refractivity (Wildman–Crippen MR) is 172 cm³/mol. The van der Waals surface area contributed by atoms with Gasteiger partial charge in [0.15, 0.2) is 23.6 Å². The Bertz CT molecular complexity index is 1770. The maximum absolute atomic E-state index is 14.0. The second-order valence-corrected chi connectivity index (χ2v) is 12.5. The smallest absolute Gasteiger partial charge is 0.407 e. The molecule has 14 heteroatoms. The molecular formula is C32H42N6O8. The number of imidazole rings is 1. The van der Waals surface area contributed by atoms with Crippen molar-refractivity contribution in [3.63, 3.8) is 0 Å². The molecule has 0 spiro atoms. The molecule has 0 radical (unpaired) electrons. The molecule has 2 aromatic heterocycles. The Hall–Kier alpha value is -4.88. The molecule has 1 atom stereocenters. The van der Waals surface area contributed by atoms with Crippen molar-refractivity contribution in [3.05, 3.63) is 62.3 Å². The van der Waals surface area contributed by atoms with E-state index in [0.717, 1.165) is 23.0 Å². The zero-order chi connectivity index (χ0) is 33.8. The van der Waals surface area contributed by atoms with E-state index >= 15 is 0 Å². The van der Waals surface area contributed by atoms with E-state index in [4.69, 9.17) is 14.5 Å². The molecule has 0 saturated carbocycles. The summed E-state index contributed by atoms with van der Waals surface area (Å²) >= 11 is 0. The highest BCUT2D eigenvalue weighted by Gasteiger charge is 2.29. The Kier molecular flexibility index (Phi) is 10.4. The van der Waals surface area contributed by atoms with Crippen molar-refractivity contribution in [2.24, 2.45) is 7.05 Å². The number of carbonyl (C=O) groups is 3. The van der Waals surface area contributed by atoms with Gasteiger partial charge in [0.2, 0.25) is 5.95 Å². The number of aryl methyl sites for hydroxylation is 1. The van der Waals surface area contributed by atoms with Crippen LogP contribution in [0.1, 0.15) is 57.8 Å². The summed E-state index contributed by atoms with van der Waals surface area (Å²) in [5.74, 6) is -0.333. The lowest BCUT2D eigenvalue weighted by atomic mass is 10.1. The van der Waals surface area contributed by atoms with Crippen molar-refractivity contribution in [3.8, 4) is 5.75 Å². The summed E-state index contributed by atoms with van der Waals surface area (Å²) in [5.41, 5.74) is -0.380. The van der Waals surface area contributed by atoms with Crippen molar-refractivity contribution >= 4 is 35.0 Å². The van der Waals surface area contributed by atoms with E-state index in [9.17, 15) is 24.0 Å². The Balaban J connectivity index is 1.70. The number of anilines is 1. The van der Waals surface area contributed by atoms with Crippen LogP contribution in [0.5, 0.6) is 5.75 Å². The molecular weight excluding hydrogens is 596 g/mol. The first kappa shape index (κ1) is 34.0. The normalized spacial score (nSPS) is 14.9. The van der Waals surface area contributed by atoms with Crippen LogP contribution in [0.25, 0.3) is 11.2 Å². The zero-order valence-corrected chi connectivity index (χ0v) is 27.4. The molecule has 1 fully saturated rings. The molecule has 1 aliphatic rings. The summed E-state index contributed by atoms with van der Waals surface area (Å²) in [6, 6.07) is 5.92. The van der Waals surface area contributed by atoms with Crippen LogP contribution >= 0.6 is 0 Å². The van der Waals surface area contributed by atoms with Crippen LogP contribution in [-0.4, -0.2) is 75.0 Å². The van der Waals surface area contributed by atoms with Crippen LogP contribution in [0.2, 0.25) is 0 Å². The highest BCUT2D eigenvalue weighted by molar-refractivity contribution is 5.96. The molecule has 1 N–H and O–H groups in total. The molecule has 4 rings (SSSR count). The molecule has 1 unspecified atom stereocenters. The number of ketones is 1. The number of esters is 1. The fourth-order valence-electron chi connectivity index (χ4n) is 5.13. The van der Waals surface area contributed by atoms with Gasteiger partial charge in [-0.1, -0.05) is 23.8 Å². The number of hydrogen-bond acceptors (Lipinski definition) is 10. The number of nitrogens with zero attached hydrogens (tertiary/aromatic N) is 5. The lowest BCUT2D eigenvalue weighted by Gasteiger charge is -2.34. The molecule has 14 nitrogen and oxygen atoms in total. The second-order valence-electron chi connectivity index (χ2n) is 12.5. The van der Waals surface area contributed by atoms with Gasteiger partial charge in [-0.15, -0.1) is 0 Å². The standard InChI is InChI=1S/C32H42N6O8/c1-20(2)13-15-37-26-27(34-29(37)36-14-9-11-22(17-36)33-30(42)46-32(3,4)5)35(6)31(43)38(28(26)41)18-24(39)21-10-8-12-23(16-21)45-19-25(40)44-7/h8,10,12-13,16,22H,9,11,14-15,17-19H2,1-7H3,(H,33,42). The molecule has 0 bridgehead atoms. The molecule has 1 amide bonds. The highest BCUT2D eigenvalue weighted by atomic mass is 16.6. The van der Waals surface area contributed by atoms with Gasteiger partial charge in [0, 0.05) is 38.3 Å². The Morgan fingerprint density at radius 1 is 1.13 bits per heavy atom. The van der Waals surface area contributed by atoms with Gasteiger partial charge in [-0.2, -0.15) is 4.98 Å². The number of carbonyl (C=O) groups excluding carboxylic acids is 3. The number of nitrogens with one attached hydrogen (secondary N) is 1. The van der Waals surface area contributed by atoms with E-state index in [1.807, 2.05) is 24.8 Å². The van der Waals surface area contributed by atoms with Gasteiger partial charge in [-0.05, 0) is 59.6 Å². The number of allylic oxidation sites excluding steroid dienone is 2. The van der Waals surface area contributed by atoms with Crippen LogP contribution in [0.4, 0.5) is 10.7 Å². The van der Waals surface area contributed by atoms with E-state index in [0.29, 0.717) is 25.6 Å². The van der Waals surface area contributed by atoms with Gasteiger partial charge < -0.3 is 29.0 Å². The van der Waals surface area contributed by atoms with E-state index in [2.05, 4.69) is 10.1 Å². The number of piperidine rings is 1. The molecule has 0 aliphatic carbocycles. The lowest BCUT2D eigenvalue weighted by Crippen LogP contribution is -2.49. The monoisotopic (exact) mass is 638 g/mol. The maximum Gasteiger partial charge on any atom is 0.407 e. The summed E-state index contributed by atoms with van der Waals surface area (Å²) in [5, 5.41) is 2.93. The van der Waals surface area contributed by atoms with Crippen molar-refractivity contribution < 1.29 is 28.6 Å². The van der Waals surface area contributed by atoms with E-state index in [-0.39, 0.29) is 35.1 Å². The van der Waals surface area contributed by atoms with Gasteiger partial charge in [0.25, 0.3) is 5.56 Å². The average Bonchev–Trinajstić information content (AvgIpc) is 3.39. The molecule has 3 aromatic rings. The molecule has 46 heavy (non-hydrogen) atoms. The van der Waals surface area contributed by atoms with Crippen molar-refractivity contribution in [1.29, 1.82) is 0 Å². The van der Waals surface area contributed by atoms with Crippen LogP contribution in [0.3, 0.4) is 0 Å². The average molecular weight is 639 g/mol. The van der Waals surface area contributed by atoms with E-state index < -0.39 is 41.2 Å². The van der Waals surface area contributed by atoms with Crippen LogP contribution in [0.15, 0.2) is 45.5 Å². The van der Waals surface area contributed by atoms with E-state index in [1.54, 1.807) is 37.5 Å². The summed E-state index contributed by atoms with van der Waals surface area (Å²) < 4.78 is 19.3. The molecule has 1 aliphatic heterocycles. The quantitative estimate of drug-likeness (QED) is 0.199. The fourth-order valence-corrected chi connectivity index (χ4v) is 5.13. The van der Waals surface area contributed by atoms with Crippen LogP contribution in [-0.2, 0) is 34.4 Å². The summed E-state index contributed by atoms with van der Waals surface area (Å²) in [4.78, 5) is 71.5. The minimum Gasteiger partial charge on any atom is -0.482 e. The number of ether oxygens (including phenoxy) is 3. The minimum atomic E-state index is -0.689. The number of hydrogen-bond donors (Lipinski definition) is 1. The number of fused-ring (bicyclic) bond motifs is 1. The topological polar surface area (TPSA) is 156 Å². The number of rotatable bonds is 10. The van der Waals surface area contributed by atoms with Gasteiger partial charge in [-0.3, -0.25) is 18.7 Å². The van der Waals surface area contributed by atoms with E-state index in [1.165, 1.54) is 30.9 Å². The Labute approximate surface area is 266 Å². The third-order valence-corrected chi connectivity index (χ3v) is 7.36. The molecule has 1 aromatic carbocycles. The lowest BCUT2D eigenvalue weighted by molar-refractivity contribution is -0.142. The predicted octanol–water partition coefficient (Wildman–Crippen LogP) is 2.79. The Morgan fingerprint density at radius 2 is 1.87 bits per heavy atom. The summed E-state index contributed by atoms with van der Waals surface area (Å²) in [6.45, 7) is 9.78. The second kappa shape index (κ2) is 14.0.